The molecule has 0 aliphatic rings. The summed E-state index contributed by atoms with van der Waals surface area (Å²) in [5.41, 5.74) is 3.08. The maximum atomic E-state index is 12.7. The minimum atomic E-state index is -0.468. The molecule has 4 rings (SSSR count). The van der Waals surface area contributed by atoms with Gasteiger partial charge in [0.05, 0.1) is 18.9 Å². The molecule has 0 radical (unpaired) electrons. The van der Waals surface area contributed by atoms with Gasteiger partial charge in [0, 0.05) is 33.6 Å². The molecule has 0 bridgehead atoms. The lowest BCUT2D eigenvalue weighted by molar-refractivity contribution is 0.0801. The summed E-state index contributed by atoms with van der Waals surface area (Å²) in [5.74, 6) is 1.16. The second kappa shape index (κ2) is 16.3. The quantitative estimate of drug-likeness (QED) is 0.0919. The number of aromatic nitrogens is 2. The van der Waals surface area contributed by atoms with Crippen molar-refractivity contribution in [2.24, 2.45) is 5.92 Å². The molecule has 3 aromatic heterocycles. The van der Waals surface area contributed by atoms with Crippen LogP contribution in [0.3, 0.4) is 0 Å². The Bertz CT molecular complexity index is 1420. The number of ether oxygens (including phenoxy) is 2. The van der Waals surface area contributed by atoms with Crippen molar-refractivity contribution >= 4 is 62.6 Å². The van der Waals surface area contributed by atoms with Crippen molar-refractivity contribution in [2.45, 2.75) is 34.1 Å². The number of hydrogen-bond acceptors (Lipinski definition) is 10. The third-order valence-electron chi connectivity index (χ3n) is 6.55. The molecule has 3 heterocycles. The van der Waals surface area contributed by atoms with Crippen molar-refractivity contribution in [3.63, 3.8) is 0 Å². The predicted octanol–water partition coefficient (Wildman–Crippen LogP) is 8.12. The molecule has 0 saturated carbocycles. The maximum absolute atomic E-state index is 12.7. The highest BCUT2D eigenvalue weighted by atomic mass is 127. The third-order valence-corrected chi connectivity index (χ3v) is 8.86. The Hall–Kier alpha value is -2.58. The van der Waals surface area contributed by atoms with Gasteiger partial charge in [-0.15, -0.1) is 22.7 Å². The predicted molar refractivity (Wildman–Crippen MR) is 180 cm³/mol. The SMILES string of the molecule is CCN(CC)CCOCCOc1cccc(-c2nc(Nc3ncc(-c4cccs4)cc3C(=O)OI)sc2CC(C)C)c1. The summed E-state index contributed by atoms with van der Waals surface area (Å²) in [5, 5.41) is 5.95. The normalized spacial score (nSPS) is 11.3. The van der Waals surface area contributed by atoms with Crippen LogP contribution in [0.15, 0.2) is 54.0 Å². The first kappa shape index (κ1) is 32.3. The fourth-order valence-corrected chi connectivity index (χ4v) is 6.51. The fourth-order valence-electron chi connectivity index (χ4n) is 4.37. The van der Waals surface area contributed by atoms with Gasteiger partial charge in [-0.05, 0) is 55.1 Å². The van der Waals surface area contributed by atoms with Crippen molar-refractivity contribution < 1.29 is 17.3 Å². The maximum Gasteiger partial charge on any atom is 0.351 e. The van der Waals surface area contributed by atoms with Crippen LogP contribution in [0.25, 0.3) is 21.7 Å². The van der Waals surface area contributed by atoms with Gasteiger partial charge >= 0.3 is 5.97 Å². The van der Waals surface area contributed by atoms with Gasteiger partial charge in [0.2, 0.25) is 0 Å². The van der Waals surface area contributed by atoms with Gasteiger partial charge in [-0.3, -0.25) is 0 Å². The van der Waals surface area contributed by atoms with E-state index >= 15 is 0 Å². The van der Waals surface area contributed by atoms with Crippen molar-refractivity contribution in [1.82, 2.24) is 14.9 Å². The van der Waals surface area contributed by atoms with Gasteiger partial charge in [0.25, 0.3) is 0 Å². The highest BCUT2D eigenvalue weighted by Crippen LogP contribution is 2.36. The Labute approximate surface area is 270 Å². The standard InChI is InChI=1S/C31H37IN4O4S2/c1-5-36(6-2)12-13-38-14-15-39-24-10-7-9-22(18-24)28-27(17-21(3)4)42-31(34-28)35-29-25(30(37)40-32)19-23(20-33-29)26-11-8-16-41-26/h7-11,16,18-21H,5-6,12-15,17H2,1-4H3,(H,33,34,35). The zero-order valence-corrected chi connectivity index (χ0v) is 28.2. The number of nitrogens with one attached hydrogen (secondary N) is 1. The summed E-state index contributed by atoms with van der Waals surface area (Å²) < 4.78 is 16.8. The van der Waals surface area contributed by atoms with Crippen LogP contribution < -0.4 is 10.1 Å². The van der Waals surface area contributed by atoms with Crippen LogP contribution in [0, 0.1) is 5.92 Å². The van der Waals surface area contributed by atoms with Crippen molar-refractivity contribution in [3.05, 3.63) is 64.5 Å². The van der Waals surface area contributed by atoms with E-state index in [9.17, 15) is 4.79 Å². The van der Waals surface area contributed by atoms with Crippen LogP contribution >= 0.6 is 45.7 Å². The van der Waals surface area contributed by atoms with Crippen molar-refractivity contribution in [2.75, 3.05) is 44.8 Å². The average Bonchev–Trinajstić information content (AvgIpc) is 3.67. The van der Waals surface area contributed by atoms with Gasteiger partial charge in [-0.1, -0.05) is 45.9 Å². The number of likely N-dealkylation sites (N-methyl/N-ethyl adjacent to an activating group) is 1. The number of anilines is 2. The Morgan fingerprint density at radius 3 is 2.62 bits per heavy atom. The number of carbonyl (C=O) groups excluding carboxylic acids is 1. The minimum absolute atomic E-state index is 0.354. The number of thiazole rings is 1. The van der Waals surface area contributed by atoms with Crippen LogP contribution in [-0.4, -0.2) is 60.3 Å². The molecular formula is C31H37IN4O4S2. The summed E-state index contributed by atoms with van der Waals surface area (Å²) in [6.07, 6.45) is 2.63. The lowest BCUT2D eigenvalue weighted by Crippen LogP contribution is -2.27. The monoisotopic (exact) mass is 720 g/mol. The van der Waals surface area contributed by atoms with E-state index in [1.54, 1.807) is 57.9 Å². The topological polar surface area (TPSA) is 85.8 Å². The smallest absolute Gasteiger partial charge is 0.351 e. The largest absolute Gasteiger partial charge is 0.491 e. The van der Waals surface area contributed by atoms with E-state index in [2.05, 4.69) is 42.9 Å². The van der Waals surface area contributed by atoms with E-state index in [1.165, 1.54) is 0 Å². The lowest BCUT2D eigenvalue weighted by atomic mass is 10.0. The Kier molecular flexibility index (Phi) is 12.6. The number of thiophene rings is 1. The molecule has 0 amide bonds. The summed E-state index contributed by atoms with van der Waals surface area (Å²) in [6.45, 7) is 13.4. The molecular weight excluding hydrogens is 683 g/mol. The van der Waals surface area contributed by atoms with Crippen LogP contribution in [-0.2, 0) is 14.2 Å². The number of rotatable bonds is 16. The molecule has 0 unspecified atom stereocenters. The van der Waals surface area contributed by atoms with E-state index in [4.69, 9.17) is 17.5 Å². The number of halogens is 1. The van der Waals surface area contributed by atoms with Crippen LogP contribution in [0.1, 0.15) is 42.9 Å². The van der Waals surface area contributed by atoms with E-state index in [1.807, 2.05) is 41.8 Å². The first-order chi connectivity index (χ1) is 20.4. The van der Waals surface area contributed by atoms with E-state index in [0.717, 1.165) is 58.4 Å². The third kappa shape index (κ3) is 8.96. The highest BCUT2D eigenvalue weighted by molar-refractivity contribution is 14.1. The molecule has 0 atom stereocenters. The number of carbonyl (C=O) groups is 1. The van der Waals surface area contributed by atoms with Gasteiger partial charge in [0.1, 0.15) is 23.7 Å². The molecule has 0 fully saturated rings. The van der Waals surface area contributed by atoms with Gasteiger partial charge in [-0.2, -0.15) is 0 Å². The van der Waals surface area contributed by atoms with E-state index < -0.39 is 5.97 Å². The number of hydrogen-bond donors (Lipinski definition) is 1. The molecule has 42 heavy (non-hydrogen) atoms. The number of pyridine rings is 1. The average molecular weight is 721 g/mol. The first-order valence-corrected chi connectivity index (χ1v) is 16.7. The molecule has 8 nitrogen and oxygen atoms in total. The molecule has 11 heteroatoms. The lowest BCUT2D eigenvalue weighted by Gasteiger charge is -2.17. The Morgan fingerprint density at radius 1 is 1.07 bits per heavy atom. The van der Waals surface area contributed by atoms with Crippen molar-refractivity contribution in [3.8, 4) is 27.4 Å². The zero-order chi connectivity index (χ0) is 29.9. The number of nitrogens with zero attached hydrogens (tertiary/aromatic N) is 3. The molecule has 1 aromatic carbocycles. The number of benzene rings is 1. The summed E-state index contributed by atoms with van der Waals surface area (Å²) in [4.78, 5) is 26.7. The summed E-state index contributed by atoms with van der Waals surface area (Å²) in [6, 6.07) is 13.8. The Morgan fingerprint density at radius 2 is 1.90 bits per heavy atom. The van der Waals surface area contributed by atoms with Crippen molar-refractivity contribution in [1.29, 1.82) is 0 Å². The molecule has 224 valence electrons. The van der Waals surface area contributed by atoms with Crippen LogP contribution in [0.5, 0.6) is 5.75 Å². The Balaban J connectivity index is 1.50. The minimum Gasteiger partial charge on any atom is -0.491 e. The van der Waals surface area contributed by atoms with Gasteiger partial charge in [-0.25, -0.2) is 14.8 Å². The van der Waals surface area contributed by atoms with Gasteiger partial charge < -0.3 is 22.8 Å². The van der Waals surface area contributed by atoms with Crippen LogP contribution in [0.4, 0.5) is 10.9 Å². The molecule has 0 aliphatic heterocycles. The van der Waals surface area contributed by atoms with Gasteiger partial charge in [0.15, 0.2) is 28.1 Å². The molecule has 0 spiro atoms. The second-order valence-corrected chi connectivity index (χ2v) is 12.5. The first-order valence-electron chi connectivity index (χ1n) is 14.1. The molecule has 4 aromatic rings. The van der Waals surface area contributed by atoms with E-state index in [0.29, 0.717) is 42.3 Å². The second-order valence-electron chi connectivity index (χ2n) is 9.99. The zero-order valence-electron chi connectivity index (χ0n) is 24.4. The summed E-state index contributed by atoms with van der Waals surface area (Å²) in [7, 11) is 0. The van der Waals surface area contributed by atoms with Crippen LogP contribution in [0.2, 0.25) is 0 Å². The molecule has 0 saturated heterocycles. The van der Waals surface area contributed by atoms with E-state index in [-0.39, 0.29) is 0 Å². The molecule has 1 N–H and O–H groups in total. The fraction of sp³-hybridized carbons (Fsp3) is 0.387. The summed E-state index contributed by atoms with van der Waals surface area (Å²) >= 11 is 4.77. The molecule has 0 aliphatic carbocycles. The highest BCUT2D eigenvalue weighted by Gasteiger charge is 2.20.